The fourth-order valence-electron chi connectivity index (χ4n) is 1.60. The largest absolute Gasteiger partial charge is 0.342 e. The standard InChI is InChI=1S/C14H18N2O2/c1-4-10-16(3)14(18)11-8-6-7-9-12(11)15-13(17)5-2/h5-9H,2,4,10H2,1,3H3,(H,15,17). The maximum atomic E-state index is 12.2. The summed E-state index contributed by atoms with van der Waals surface area (Å²) in [6, 6.07) is 6.95. The molecule has 1 aromatic carbocycles. The molecule has 0 unspecified atom stereocenters. The first kappa shape index (κ1) is 14.0. The second-order valence-electron chi connectivity index (χ2n) is 3.97. The molecule has 0 fully saturated rings. The highest BCUT2D eigenvalue weighted by atomic mass is 16.2. The predicted octanol–water partition coefficient (Wildman–Crippen LogP) is 2.29. The summed E-state index contributed by atoms with van der Waals surface area (Å²) in [5.41, 5.74) is 0.999. The third-order valence-electron chi connectivity index (χ3n) is 2.51. The van der Waals surface area contributed by atoms with Crippen molar-refractivity contribution in [1.29, 1.82) is 0 Å². The topological polar surface area (TPSA) is 49.4 Å². The van der Waals surface area contributed by atoms with Crippen LogP contribution in [0.5, 0.6) is 0 Å². The summed E-state index contributed by atoms with van der Waals surface area (Å²) in [5, 5.41) is 2.63. The lowest BCUT2D eigenvalue weighted by Crippen LogP contribution is -2.28. The summed E-state index contributed by atoms with van der Waals surface area (Å²) in [5.74, 6) is -0.426. The molecule has 0 bridgehead atoms. The SMILES string of the molecule is C=CC(=O)Nc1ccccc1C(=O)N(C)CCC. The van der Waals surface area contributed by atoms with Crippen LogP contribution in [-0.2, 0) is 4.79 Å². The van der Waals surface area contributed by atoms with Crippen molar-refractivity contribution in [2.24, 2.45) is 0 Å². The summed E-state index contributed by atoms with van der Waals surface area (Å²) >= 11 is 0. The number of carbonyl (C=O) groups is 2. The molecule has 0 aliphatic rings. The van der Waals surface area contributed by atoms with Crippen molar-refractivity contribution in [2.45, 2.75) is 13.3 Å². The molecule has 0 heterocycles. The van der Waals surface area contributed by atoms with Gasteiger partial charge in [0.2, 0.25) is 5.91 Å². The summed E-state index contributed by atoms with van der Waals surface area (Å²) < 4.78 is 0. The molecular weight excluding hydrogens is 228 g/mol. The summed E-state index contributed by atoms with van der Waals surface area (Å²) in [4.78, 5) is 25.1. The van der Waals surface area contributed by atoms with E-state index in [1.54, 1.807) is 36.2 Å². The van der Waals surface area contributed by atoms with E-state index in [-0.39, 0.29) is 11.8 Å². The maximum Gasteiger partial charge on any atom is 0.255 e. The quantitative estimate of drug-likeness (QED) is 0.810. The minimum Gasteiger partial charge on any atom is -0.342 e. The highest BCUT2D eigenvalue weighted by Gasteiger charge is 2.15. The Bertz CT molecular complexity index is 455. The van der Waals surface area contributed by atoms with Crippen molar-refractivity contribution in [3.8, 4) is 0 Å². The summed E-state index contributed by atoms with van der Waals surface area (Å²) in [6.45, 7) is 6.08. The molecule has 0 saturated heterocycles. The fourth-order valence-corrected chi connectivity index (χ4v) is 1.60. The average Bonchev–Trinajstić information content (AvgIpc) is 2.38. The van der Waals surface area contributed by atoms with E-state index in [0.717, 1.165) is 6.42 Å². The molecule has 4 nitrogen and oxygen atoms in total. The molecule has 4 heteroatoms. The number of hydrogen-bond acceptors (Lipinski definition) is 2. The lowest BCUT2D eigenvalue weighted by atomic mass is 10.1. The third kappa shape index (κ3) is 3.45. The van der Waals surface area contributed by atoms with Gasteiger partial charge in [0, 0.05) is 13.6 Å². The number of nitrogens with zero attached hydrogens (tertiary/aromatic N) is 1. The first-order valence-electron chi connectivity index (χ1n) is 5.88. The van der Waals surface area contributed by atoms with Crippen LogP contribution >= 0.6 is 0 Å². The van der Waals surface area contributed by atoms with Crippen LogP contribution < -0.4 is 5.32 Å². The second-order valence-corrected chi connectivity index (χ2v) is 3.97. The highest BCUT2D eigenvalue weighted by molar-refractivity contribution is 6.06. The third-order valence-corrected chi connectivity index (χ3v) is 2.51. The number of nitrogens with one attached hydrogen (secondary N) is 1. The number of carbonyl (C=O) groups excluding carboxylic acids is 2. The van der Waals surface area contributed by atoms with E-state index in [1.807, 2.05) is 6.92 Å². The van der Waals surface area contributed by atoms with Gasteiger partial charge >= 0.3 is 0 Å². The van der Waals surface area contributed by atoms with Crippen molar-refractivity contribution in [3.05, 3.63) is 42.5 Å². The van der Waals surface area contributed by atoms with Crippen LogP contribution in [0.2, 0.25) is 0 Å². The zero-order chi connectivity index (χ0) is 13.5. The monoisotopic (exact) mass is 246 g/mol. The van der Waals surface area contributed by atoms with Gasteiger partial charge in [-0.1, -0.05) is 25.6 Å². The minimum absolute atomic E-state index is 0.100. The molecule has 0 aromatic heterocycles. The Morgan fingerprint density at radius 2 is 2.06 bits per heavy atom. The molecular formula is C14H18N2O2. The van der Waals surface area contributed by atoms with E-state index in [0.29, 0.717) is 17.8 Å². The normalized spacial score (nSPS) is 9.67. The second kappa shape index (κ2) is 6.59. The number of para-hydroxylation sites is 1. The Balaban J connectivity index is 2.97. The Hall–Kier alpha value is -2.10. The molecule has 96 valence electrons. The van der Waals surface area contributed by atoms with E-state index in [4.69, 9.17) is 0 Å². The smallest absolute Gasteiger partial charge is 0.255 e. The van der Waals surface area contributed by atoms with Crippen molar-refractivity contribution < 1.29 is 9.59 Å². The molecule has 0 aliphatic heterocycles. The molecule has 0 spiro atoms. The molecule has 1 rings (SSSR count). The Kier molecular flexibility index (Phi) is 5.11. The van der Waals surface area contributed by atoms with Gasteiger partial charge in [-0.25, -0.2) is 0 Å². The highest BCUT2D eigenvalue weighted by Crippen LogP contribution is 2.17. The van der Waals surface area contributed by atoms with Gasteiger partial charge in [-0.05, 0) is 24.6 Å². The van der Waals surface area contributed by atoms with Gasteiger partial charge in [0.1, 0.15) is 0 Å². The van der Waals surface area contributed by atoms with Crippen LogP contribution in [-0.4, -0.2) is 30.3 Å². The van der Waals surface area contributed by atoms with Gasteiger partial charge < -0.3 is 10.2 Å². The van der Waals surface area contributed by atoms with Crippen molar-refractivity contribution >= 4 is 17.5 Å². The van der Waals surface area contributed by atoms with Crippen LogP contribution in [0.3, 0.4) is 0 Å². The number of amides is 2. The molecule has 0 atom stereocenters. The first-order chi connectivity index (χ1) is 8.60. The molecule has 0 aliphatic carbocycles. The Morgan fingerprint density at radius 1 is 1.39 bits per heavy atom. The molecule has 1 aromatic rings. The lowest BCUT2D eigenvalue weighted by molar-refractivity contribution is -0.111. The van der Waals surface area contributed by atoms with Crippen LogP contribution in [0.15, 0.2) is 36.9 Å². The molecule has 0 saturated carbocycles. The van der Waals surface area contributed by atoms with Gasteiger partial charge in [-0.3, -0.25) is 9.59 Å². The van der Waals surface area contributed by atoms with Gasteiger partial charge in [0.25, 0.3) is 5.91 Å². The van der Waals surface area contributed by atoms with Crippen LogP contribution in [0.1, 0.15) is 23.7 Å². The van der Waals surface area contributed by atoms with E-state index in [1.165, 1.54) is 6.08 Å². The van der Waals surface area contributed by atoms with Gasteiger partial charge in [-0.2, -0.15) is 0 Å². The van der Waals surface area contributed by atoms with Crippen molar-refractivity contribution in [2.75, 3.05) is 18.9 Å². The number of hydrogen-bond donors (Lipinski definition) is 1. The first-order valence-corrected chi connectivity index (χ1v) is 5.88. The average molecular weight is 246 g/mol. The Morgan fingerprint density at radius 3 is 2.67 bits per heavy atom. The molecule has 0 radical (unpaired) electrons. The van der Waals surface area contributed by atoms with E-state index in [9.17, 15) is 9.59 Å². The lowest BCUT2D eigenvalue weighted by Gasteiger charge is -2.18. The summed E-state index contributed by atoms with van der Waals surface area (Å²) in [7, 11) is 1.75. The summed E-state index contributed by atoms with van der Waals surface area (Å²) in [6.07, 6.45) is 2.07. The minimum atomic E-state index is -0.326. The number of benzene rings is 1. The van der Waals surface area contributed by atoms with Gasteiger partial charge in [0.15, 0.2) is 0 Å². The van der Waals surface area contributed by atoms with E-state index in [2.05, 4.69) is 11.9 Å². The molecule has 18 heavy (non-hydrogen) atoms. The van der Waals surface area contributed by atoms with Crippen LogP contribution in [0.4, 0.5) is 5.69 Å². The van der Waals surface area contributed by atoms with E-state index >= 15 is 0 Å². The predicted molar refractivity (Wildman–Crippen MR) is 72.5 cm³/mol. The van der Waals surface area contributed by atoms with Crippen molar-refractivity contribution in [1.82, 2.24) is 4.90 Å². The van der Waals surface area contributed by atoms with Gasteiger partial charge in [0.05, 0.1) is 11.3 Å². The van der Waals surface area contributed by atoms with Gasteiger partial charge in [-0.15, -0.1) is 0 Å². The zero-order valence-electron chi connectivity index (χ0n) is 10.8. The fraction of sp³-hybridized carbons (Fsp3) is 0.286. The van der Waals surface area contributed by atoms with Crippen LogP contribution in [0, 0.1) is 0 Å². The Labute approximate surface area is 107 Å². The molecule has 1 N–H and O–H groups in total. The van der Waals surface area contributed by atoms with Crippen LogP contribution in [0.25, 0.3) is 0 Å². The number of rotatable bonds is 5. The van der Waals surface area contributed by atoms with Crippen molar-refractivity contribution in [3.63, 3.8) is 0 Å². The molecule has 2 amide bonds. The number of anilines is 1. The zero-order valence-corrected chi connectivity index (χ0v) is 10.8. The maximum absolute atomic E-state index is 12.2. The van der Waals surface area contributed by atoms with E-state index < -0.39 is 0 Å².